The Balaban J connectivity index is 1.75. The lowest BCUT2D eigenvalue weighted by atomic mass is 9.80. The highest BCUT2D eigenvalue weighted by atomic mass is 19.1. The molecule has 1 saturated heterocycles. The molecule has 1 unspecified atom stereocenters. The number of methoxy groups -OCH3 is 2. The number of carbonyl (C=O) groups excluding carboxylic acids is 2. The van der Waals surface area contributed by atoms with Crippen LogP contribution in [0.4, 0.5) is 4.39 Å². The Morgan fingerprint density at radius 3 is 2.51 bits per heavy atom. The summed E-state index contributed by atoms with van der Waals surface area (Å²) in [6, 6.07) is 13.5. The zero-order valence-corrected chi connectivity index (χ0v) is 21.1. The minimum atomic E-state index is -1.30. The maximum absolute atomic E-state index is 14.1. The lowest BCUT2D eigenvalue weighted by Crippen LogP contribution is -2.44. The van der Waals surface area contributed by atoms with Crippen molar-refractivity contribution < 1.29 is 38.0 Å². The molecule has 4 rings (SSSR count). The van der Waals surface area contributed by atoms with Crippen molar-refractivity contribution in [3.8, 4) is 0 Å². The number of aliphatic hydroxyl groups is 1. The second-order valence-electron chi connectivity index (χ2n) is 9.30. The first-order valence-electron chi connectivity index (χ1n) is 12.2. The fourth-order valence-electron chi connectivity index (χ4n) is 4.86. The Bertz CT molecular complexity index is 1200. The summed E-state index contributed by atoms with van der Waals surface area (Å²) in [5.74, 6) is -2.58. The van der Waals surface area contributed by atoms with Gasteiger partial charge in [-0.25, -0.2) is 9.18 Å². The van der Waals surface area contributed by atoms with Crippen LogP contribution >= 0.6 is 0 Å². The number of benzene rings is 2. The van der Waals surface area contributed by atoms with Crippen LogP contribution in [0.5, 0.6) is 0 Å². The summed E-state index contributed by atoms with van der Waals surface area (Å²) in [7, 11) is 2.99. The maximum Gasteiger partial charge on any atom is 0.338 e. The van der Waals surface area contributed by atoms with Crippen LogP contribution in [-0.2, 0) is 23.7 Å². The first-order valence-corrected chi connectivity index (χ1v) is 12.2. The number of aliphatic hydroxyl groups excluding tert-OH is 1. The Morgan fingerprint density at radius 2 is 1.86 bits per heavy atom. The molecular formula is C29H31FO7. The molecule has 2 aromatic carbocycles. The van der Waals surface area contributed by atoms with Crippen LogP contribution in [0.2, 0.25) is 0 Å². The molecule has 1 N–H and O–H groups in total. The molecule has 0 bridgehead atoms. The van der Waals surface area contributed by atoms with E-state index in [0.29, 0.717) is 23.1 Å². The summed E-state index contributed by atoms with van der Waals surface area (Å²) >= 11 is 0. The molecule has 0 amide bonds. The van der Waals surface area contributed by atoms with E-state index in [4.69, 9.17) is 18.9 Å². The number of cyclic esters (lactones) is 1. The largest absolute Gasteiger partial charge is 0.458 e. The van der Waals surface area contributed by atoms with E-state index in [0.717, 1.165) is 11.1 Å². The lowest BCUT2D eigenvalue weighted by molar-refractivity contribution is -0.195. The SMILES string of the molecule is COC1(OC)CC(OC(=O)c2ccccc2)CC(c2ccc(F)c(C)c2)=C1/C=C/[C@H]1C[C@H](O)CC(=O)O1. The van der Waals surface area contributed by atoms with E-state index in [1.165, 1.54) is 20.3 Å². The zero-order chi connectivity index (χ0) is 26.6. The molecule has 2 aromatic rings. The number of hydrogen-bond acceptors (Lipinski definition) is 7. The third-order valence-corrected chi connectivity index (χ3v) is 6.78. The predicted molar refractivity (Wildman–Crippen MR) is 134 cm³/mol. The van der Waals surface area contributed by atoms with Crippen molar-refractivity contribution in [2.45, 2.75) is 56.7 Å². The van der Waals surface area contributed by atoms with Crippen molar-refractivity contribution >= 4 is 17.5 Å². The summed E-state index contributed by atoms with van der Waals surface area (Å²) in [6.45, 7) is 1.67. The van der Waals surface area contributed by atoms with Gasteiger partial charge in [0.1, 0.15) is 18.0 Å². The third-order valence-electron chi connectivity index (χ3n) is 6.78. The van der Waals surface area contributed by atoms with Crippen LogP contribution in [0.1, 0.15) is 47.2 Å². The van der Waals surface area contributed by atoms with E-state index >= 15 is 0 Å². The van der Waals surface area contributed by atoms with E-state index in [1.54, 1.807) is 55.5 Å². The summed E-state index contributed by atoms with van der Waals surface area (Å²) in [6.07, 6.45) is 2.19. The molecular weight excluding hydrogens is 479 g/mol. The molecule has 8 heteroatoms. The molecule has 3 atom stereocenters. The fraction of sp³-hybridized carbons (Fsp3) is 0.379. The van der Waals surface area contributed by atoms with Crippen LogP contribution in [0.15, 0.2) is 66.3 Å². The van der Waals surface area contributed by atoms with Crippen LogP contribution in [-0.4, -0.2) is 55.4 Å². The van der Waals surface area contributed by atoms with Crippen LogP contribution in [0.3, 0.4) is 0 Å². The highest BCUT2D eigenvalue weighted by Gasteiger charge is 2.44. The van der Waals surface area contributed by atoms with E-state index in [1.807, 2.05) is 6.07 Å². The molecule has 0 spiro atoms. The fourth-order valence-corrected chi connectivity index (χ4v) is 4.86. The summed E-state index contributed by atoms with van der Waals surface area (Å²) in [4.78, 5) is 24.7. The van der Waals surface area contributed by atoms with E-state index < -0.39 is 36.0 Å². The van der Waals surface area contributed by atoms with Gasteiger partial charge in [-0.05, 0) is 54.0 Å². The molecule has 1 fully saturated rings. The normalized spacial score (nSPS) is 23.7. The second kappa shape index (κ2) is 11.4. The lowest BCUT2D eigenvalue weighted by Gasteiger charge is -2.41. The van der Waals surface area contributed by atoms with Crippen LogP contribution in [0, 0.1) is 12.7 Å². The highest BCUT2D eigenvalue weighted by Crippen LogP contribution is 2.43. The second-order valence-corrected chi connectivity index (χ2v) is 9.30. The van der Waals surface area contributed by atoms with Crippen molar-refractivity contribution in [3.63, 3.8) is 0 Å². The highest BCUT2D eigenvalue weighted by molar-refractivity contribution is 5.89. The monoisotopic (exact) mass is 510 g/mol. The Morgan fingerprint density at radius 1 is 1.14 bits per heavy atom. The van der Waals surface area contributed by atoms with Gasteiger partial charge >= 0.3 is 11.9 Å². The van der Waals surface area contributed by atoms with Gasteiger partial charge in [0, 0.05) is 39.1 Å². The molecule has 1 aliphatic heterocycles. The average Bonchev–Trinajstić information content (AvgIpc) is 2.89. The first-order chi connectivity index (χ1) is 17.7. The van der Waals surface area contributed by atoms with E-state index in [9.17, 15) is 19.1 Å². The molecule has 0 radical (unpaired) electrons. The van der Waals surface area contributed by atoms with Gasteiger partial charge in [0.25, 0.3) is 0 Å². The molecule has 0 aromatic heterocycles. The minimum absolute atomic E-state index is 0.0400. The average molecular weight is 511 g/mol. The first kappa shape index (κ1) is 26.7. The van der Waals surface area contributed by atoms with Gasteiger partial charge in [0.05, 0.1) is 18.1 Å². The Hall–Kier alpha value is -3.33. The number of esters is 2. The number of hydrogen-bond donors (Lipinski definition) is 1. The van der Waals surface area contributed by atoms with Crippen molar-refractivity contribution in [3.05, 3.63) is 88.8 Å². The molecule has 37 heavy (non-hydrogen) atoms. The van der Waals surface area contributed by atoms with Crippen molar-refractivity contribution in [1.29, 1.82) is 0 Å². The number of carbonyl (C=O) groups is 2. The van der Waals surface area contributed by atoms with Gasteiger partial charge in [0.2, 0.25) is 0 Å². The smallest absolute Gasteiger partial charge is 0.338 e. The molecule has 1 heterocycles. The van der Waals surface area contributed by atoms with Gasteiger partial charge in [-0.1, -0.05) is 30.3 Å². The van der Waals surface area contributed by atoms with Crippen molar-refractivity contribution in [1.82, 2.24) is 0 Å². The molecule has 7 nitrogen and oxygen atoms in total. The number of rotatable bonds is 7. The standard InChI is InChI=1S/C29H31FO7/c1-18-13-20(9-12-26(18)30)24-16-23(37-28(33)19-7-5-4-6-8-19)17-29(34-2,35-3)25(24)11-10-22-14-21(31)15-27(32)36-22/h4-13,21-23,31H,14-17H2,1-3H3/b11-10+/t21-,22-,23?/m0/s1. The molecule has 2 aliphatic rings. The Kier molecular flexibility index (Phi) is 8.22. The molecule has 0 saturated carbocycles. The number of halogens is 1. The maximum atomic E-state index is 14.1. The van der Waals surface area contributed by atoms with Gasteiger partial charge in [-0.2, -0.15) is 0 Å². The number of aryl methyl sites for hydroxylation is 1. The van der Waals surface area contributed by atoms with Crippen LogP contribution < -0.4 is 0 Å². The summed E-state index contributed by atoms with van der Waals surface area (Å²) in [5, 5.41) is 10.0. The van der Waals surface area contributed by atoms with Gasteiger partial charge in [-0.3, -0.25) is 4.79 Å². The van der Waals surface area contributed by atoms with E-state index in [-0.39, 0.29) is 25.1 Å². The molecule has 1 aliphatic carbocycles. The minimum Gasteiger partial charge on any atom is -0.458 e. The molecule has 196 valence electrons. The van der Waals surface area contributed by atoms with Crippen molar-refractivity contribution in [2.24, 2.45) is 0 Å². The zero-order valence-electron chi connectivity index (χ0n) is 21.1. The van der Waals surface area contributed by atoms with Crippen LogP contribution in [0.25, 0.3) is 5.57 Å². The Labute approximate surface area is 215 Å². The van der Waals surface area contributed by atoms with Gasteiger partial charge in [0.15, 0.2) is 5.79 Å². The van der Waals surface area contributed by atoms with E-state index in [2.05, 4.69) is 0 Å². The number of ether oxygens (including phenoxy) is 4. The summed E-state index contributed by atoms with van der Waals surface area (Å²) in [5.41, 5.74) is 2.98. The third kappa shape index (κ3) is 5.98. The van der Waals surface area contributed by atoms with Crippen molar-refractivity contribution in [2.75, 3.05) is 14.2 Å². The quantitative estimate of drug-likeness (QED) is 0.433. The topological polar surface area (TPSA) is 91.3 Å². The summed E-state index contributed by atoms with van der Waals surface area (Å²) < 4.78 is 37.2. The van der Waals surface area contributed by atoms with Gasteiger partial charge in [-0.15, -0.1) is 0 Å². The van der Waals surface area contributed by atoms with Gasteiger partial charge < -0.3 is 24.1 Å². The predicted octanol–water partition coefficient (Wildman–Crippen LogP) is 4.52.